The molecule has 2 atom stereocenters. The minimum absolute atomic E-state index is 0.271. The third-order valence-corrected chi connectivity index (χ3v) is 4.40. The molecule has 0 radical (unpaired) electrons. The maximum atomic E-state index is 9.48. The first-order valence-corrected chi connectivity index (χ1v) is 7.71. The number of hydrogen-bond donors (Lipinski definition) is 3. The summed E-state index contributed by atoms with van der Waals surface area (Å²) in [6, 6.07) is 4.31. The SMILES string of the molecule is Cc1ccc(-c2[nH]ncc2CNC2CCCCC2CO)o1. The van der Waals surface area contributed by atoms with Gasteiger partial charge in [0.15, 0.2) is 5.76 Å². The molecule has 2 heterocycles. The zero-order valence-corrected chi connectivity index (χ0v) is 12.4. The predicted octanol–water partition coefficient (Wildman–Crippen LogP) is 2.62. The topological polar surface area (TPSA) is 74.1 Å². The number of aliphatic hydroxyl groups is 1. The van der Waals surface area contributed by atoms with Crippen LogP contribution in [-0.2, 0) is 6.54 Å². The number of aromatic nitrogens is 2. The van der Waals surface area contributed by atoms with Crippen molar-refractivity contribution in [3.8, 4) is 11.5 Å². The molecule has 3 rings (SSSR count). The van der Waals surface area contributed by atoms with Crippen molar-refractivity contribution in [3.05, 3.63) is 29.7 Å². The van der Waals surface area contributed by atoms with Crippen LogP contribution < -0.4 is 5.32 Å². The summed E-state index contributed by atoms with van der Waals surface area (Å²) in [5.74, 6) is 2.09. The Bertz CT molecular complexity index is 576. The van der Waals surface area contributed by atoms with E-state index in [2.05, 4.69) is 15.5 Å². The van der Waals surface area contributed by atoms with Gasteiger partial charge in [-0.3, -0.25) is 5.10 Å². The van der Waals surface area contributed by atoms with Gasteiger partial charge >= 0.3 is 0 Å². The van der Waals surface area contributed by atoms with Crippen molar-refractivity contribution in [1.29, 1.82) is 0 Å². The molecule has 5 nitrogen and oxygen atoms in total. The Morgan fingerprint density at radius 3 is 3.00 bits per heavy atom. The lowest BCUT2D eigenvalue weighted by atomic mass is 9.85. The van der Waals surface area contributed by atoms with Crippen molar-refractivity contribution in [2.24, 2.45) is 5.92 Å². The summed E-state index contributed by atoms with van der Waals surface area (Å²) in [4.78, 5) is 0. The van der Waals surface area contributed by atoms with Gasteiger partial charge in [-0.05, 0) is 37.8 Å². The maximum absolute atomic E-state index is 9.48. The lowest BCUT2D eigenvalue weighted by molar-refractivity contribution is 0.152. The van der Waals surface area contributed by atoms with E-state index in [0.717, 1.165) is 42.2 Å². The highest BCUT2D eigenvalue weighted by Gasteiger charge is 2.24. The normalized spacial score (nSPS) is 22.6. The molecule has 3 N–H and O–H groups in total. The predicted molar refractivity (Wildman–Crippen MR) is 80.7 cm³/mol. The fourth-order valence-electron chi connectivity index (χ4n) is 3.16. The van der Waals surface area contributed by atoms with Crippen molar-refractivity contribution in [1.82, 2.24) is 15.5 Å². The van der Waals surface area contributed by atoms with E-state index in [1.165, 1.54) is 12.8 Å². The van der Waals surface area contributed by atoms with Crippen LogP contribution in [0.2, 0.25) is 0 Å². The van der Waals surface area contributed by atoms with Gasteiger partial charge < -0.3 is 14.8 Å². The summed E-state index contributed by atoms with van der Waals surface area (Å²) in [5, 5.41) is 20.2. The van der Waals surface area contributed by atoms with E-state index in [1.54, 1.807) is 0 Å². The molecule has 2 aromatic rings. The Labute approximate surface area is 124 Å². The number of hydrogen-bond acceptors (Lipinski definition) is 4. The Kier molecular flexibility index (Phi) is 4.41. The molecule has 0 aliphatic heterocycles. The van der Waals surface area contributed by atoms with Crippen LogP contribution in [0.5, 0.6) is 0 Å². The Morgan fingerprint density at radius 1 is 1.38 bits per heavy atom. The summed E-state index contributed by atoms with van der Waals surface area (Å²) in [6.45, 7) is 2.95. The van der Waals surface area contributed by atoms with Gasteiger partial charge in [0.1, 0.15) is 11.5 Å². The molecule has 1 aliphatic rings. The summed E-state index contributed by atoms with van der Waals surface area (Å²) in [6.07, 6.45) is 6.56. The van der Waals surface area contributed by atoms with E-state index >= 15 is 0 Å². The second-order valence-corrected chi connectivity index (χ2v) is 5.90. The summed E-state index contributed by atoms with van der Waals surface area (Å²) < 4.78 is 5.66. The Hall–Kier alpha value is -1.59. The van der Waals surface area contributed by atoms with E-state index in [-0.39, 0.29) is 6.61 Å². The molecule has 1 aliphatic carbocycles. The van der Waals surface area contributed by atoms with Gasteiger partial charge in [0.2, 0.25) is 0 Å². The summed E-state index contributed by atoms with van der Waals surface area (Å²) in [7, 11) is 0. The van der Waals surface area contributed by atoms with Crippen LogP contribution in [0.3, 0.4) is 0 Å². The molecule has 0 spiro atoms. The van der Waals surface area contributed by atoms with Gasteiger partial charge in [-0.15, -0.1) is 0 Å². The summed E-state index contributed by atoms with van der Waals surface area (Å²) >= 11 is 0. The van der Waals surface area contributed by atoms with Crippen LogP contribution in [0, 0.1) is 12.8 Å². The average molecular weight is 289 g/mol. The number of furan rings is 1. The number of nitrogens with zero attached hydrogens (tertiary/aromatic N) is 1. The second-order valence-electron chi connectivity index (χ2n) is 5.90. The monoisotopic (exact) mass is 289 g/mol. The number of aromatic amines is 1. The van der Waals surface area contributed by atoms with E-state index in [1.807, 2.05) is 25.3 Å². The molecule has 1 fully saturated rings. The van der Waals surface area contributed by atoms with E-state index in [4.69, 9.17) is 4.42 Å². The molecule has 2 unspecified atom stereocenters. The minimum atomic E-state index is 0.271. The zero-order valence-electron chi connectivity index (χ0n) is 12.4. The molecular weight excluding hydrogens is 266 g/mol. The third-order valence-electron chi connectivity index (χ3n) is 4.40. The smallest absolute Gasteiger partial charge is 0.152 e. The molecule has 0 saturated heterocycles. The molecule has 0 bridgehead atoms. The highest BCUT2D eigenvalue weighted by Crippen LogP contribution is 2.26. The first-order chi connectivity index (χ1) is 10.3. The van der Waals surface area contributed by atoms with Crippen LogP contribution in [0.4, 0.5) is 0 Å². The molecular formula is C16H23N3O2. The van der Waals surface area contributed by atoms with Gasteiger partial charge in [-0.2, -0.15) is 5.10 Å². The fraction of sp³-hybridized carbons (Fsp3) is 0.562. The van der Waals surface area contributed by atoms with Gasteiger partial charge in [0.05, 0.1) is 6.20 Å². The molecule has 21 heavy (non-hydrogen) atoms. The first-order valence-electron chi connectivity index (χ1n) is 7.71. The van der Waals surface area contributed by atoms with Gasteiger partial charge in [0, 0.05) is 24.8 Å². The molecule has 1 saturated carbocycles. The van der Waals surface area contributed by atoms with Crippen LogP contribution in [0.15, 0.2) is 22.7 Å². The number of nitrogens with one attached hydrogen (secondary N) is 2. The quantitative estimate of drug-likeness (QED) is 0.791. The zero-order chi connectivity index (χ0) is 14.7. The number of aliphatic hydroxyl groups excluding tert-OH is 1. The highest BCUT2D eigenvalue weighted by molar-refractivity contribution is 5.56. The number of H-pyrrole nitrogens is 1. The maximum Gasteiger partial charge on any atom is 0.152 e. The third kappa shape index (κ3) is 3.19. The standard InChI is InChI=1S/C16H23N3O2/c1-11-6-7-15(21-11)16-13(9-18-19-16)8-17-14-5-3-2-4-12(14)10-20/h6-7,9,12,14,17,20H,2-5,8,10H2,1H3,(H,18,19). The van der Waals surface area contributed by atoms with Crippen LogP contribution in [0.25, 0.3) is 11.5 Å². The first kappa shape index (κ1) is 14.4. The van der Waals surface area contributed by atoms with Crippen LogP contribution in [0.1, 0.15) is 37.0 Å². The Morgan fingerprint density at radius 2 is 2.24 bits per heavy atom. The lowest BCUT2D eigenvalue weighted by Gasteiger charge is -2.31. The van der Waals surface area contributed by atoms with E-state index < -0.39 is 0 Å². The van der Waals surface area contributed by atoms with Crippen molar-refractivity contribution in [2.45, 2.75) is 45.2 Å². The minimum Gasteiger partial charge on any atom is -0.460 e. The largest absolute Gasteiger partial charge is 0.460 e. The molecule has 114 valence electrons. The average Bonchev–Trinajstić information content (AvgIpc) is 3.13. The molecule has 0 aromatic carbocycles. The van der Waals surface area contributed by atoms with Gasteiger partial charge in [0.25, 0.3) is 0 Å². The van der Waals surface area contributed by atoms with Gasteiger partial charge in [-0.1, -0.05) is 12.8 Å². The van der Waals surface area contributed by atoms with Crippen LogP contribution in [-0.4, -0.2) is 28.0 Å². The molecule has 0 amide bonds. The van der Waals surface area contributed by atoms with Crippen molar-refractivity contribution >= 4 is 0 Å². The second kappa shape index (κ2) is 6.45. The van der Waals surface area contributed by atoms with Crippen molar-refractivity contribution in [2.75, 3.05) is 6.61 Å². The van der Waals surface area contributed by atoms with Gasteiger partial charge in [-0.25, -0.2) is 0 Å². The van der Waals surface area contributed by atoms with Crippen LogP contribution >= 0.6 is 0 Å². The Balaban J connectivity index is 1.67. The fourth-order valence-corrected chi connectivity index (χ4v) is 3.16. The van der Waals surface area contributed by atoms with Crippen molar-refractivity contribution in [3.63, 3.8) is 0 Å². The molecule has 2 aromatic heterocycles. The number of aryl methyl sites for hydroxylation is 1. The lowest BCUT2D eigenvalue weighted by Crippen LogP contribution is -2.39. The van der Waals surface area contributed by atoms with E-state index in [0.29, 0.717) is 12.0 Å². The molecule has 5 heteroatoms. The summed E-state index contributed by atoms with van der Waals surface area (Å²) in [5.41, 5.74) is 2.04. The highest BCUT2D eigenvalue weighted by atomic mass is 16.3. The van der Waals surface area contributed by atoms with E-state index in [9.17, 15) is 5.11 Å². The van der Waals surface area contributed by atoms with Crippen molar-refractivity contribution < 1.29 is 9.52 Å². The number of rotatable bonds is 5.